The smallest absolute Gasteiger partial charge is 0.306 e. The van der Waals surface area contributed by atoms with Crippen LogP contribution in [0.4, 0.5) is 5.69 Å². The molecule has 1 heterocycles. The van der Waals surface area contributed by atoms with E-state index in [0.29, 0.717) is 5.03 Å². The van der Waals surface area contributed by atoms with Crippen LogP contribution in [-0.2, 0) is 14.3 Å². The molecule has 6 heteroatoms. The minimum Gasteiger partial charge on any atom is -0.457 e. The third kappa shape index (κ3) is 4.26. The molecule has 0 N–H and O–H groups in total. The zero-order chi connectivity index (χ0) is 20.1. The summed E-state index contributed by atoms with van der Waals surface area (Å²) in [5.74, 6) is -0.961. The number of ether oxygens (including phenoxy) is 1. The van der Waals surface area contributed by atoms with E-state index in [1.165, 1.54) is 11.8 Å². The Labute approximate surface area is 168 Å². The van der Waals surface area contributed by atoms with E-state index < -0.39 is 18.4 Å². The predicted molar refractivity (Wildman–Crippen MR) is 109 cm³/mol. The molecule has 3 rings (SSSR count). The van der Waals surface area contributed by atoms with Crippen molar-refractivity contribution in [2.75, 3.05) is 18.6 Å². The van der Waals surface area contributed by atoms with E-state index in [0.717, 1.165) is 16.1 Å². The van der Waals surface area contributed by atoms with Crippen LogP contribution in [0.1, 0.15) is 24.8 Å². The Balaban J connectivity index is 1.62. The lowest BCUT2D eigenvalue weighted by Crippen LogP contribution is -2.20. The molecule has 1 aliphatic heterocycles. The third-order valence-electron chi connectivity index (χ3n) is 4.55. The summed E-state index contributed by atoms with van der Waals surface area (Å²) in [5, 5.41) is 10.1. The summed E-state index contributed by atoms with van der Waals surface area (Å²) >= 11 is 1.37. The molecular weight excluding hydrogens is 372 g/mol. The third-order valence-corrected chi connectivity index (χ3v) is 5.78. The predicted octanol–water partition coefficient (Wildman–Crippen LogP) is 4.27. The summed E-state index contributed by atoms with van der Waals surface area (Å²) in [4.78, 5) is 27.4. The van der Waals surface area contributed by atoms with Gasteiger partial charge >= 0.3 is 5.97 Å². The molecule has 0 saturated heterocycles. The van der Waals surface area contributed by atoms with Gasteiger partial charge in [-0.15, -0.1) is 0 Å². The molecule has 0 spiro atoms. The monoisotopic (exact) mass is 392 g/mol. The van der Waals surface area contributed by atoms with Crippen LogP contribution in [0, 0.1) is 11.3 Å². The van der Waals surface area contributed by atoms with Crippen molar-refractivity contribution in [2.24, 2.45) is 0 Å². The lowest BCUT2D eigenvalue weighted by Gasteiger charge is -2.15. The summed E-state index contributed by atoms with van der Waals surface area (Å²) < 4.78 is 5.15. The molecule has 2 aromatic carbocycles. The van der Waals surface area contributed by atoms with E-state index in [2.05, 4.69) is 0 Å². The second-order valence-corrected chi connectivity index (χ2v) is 7.55. The van der Waals surface area contributed by atoms with Crippen LogP contribution in [0.15, 0.2) is 70.1 Å². The number of anilines is 1. The summed E-state index contributed by atoms with van der Waals surface area (Å²) in [7, 11) is 1.81. The van der Waals surface area contributed by atoms with E-state index in [9.17, 15) is 14.9 Å². The Morgan fingerprint density at radius 3 is 2.50 bits per heavy atom. The van der Waals surface area contributed by atoms with Gasteiger partial charge in [-0.2, -0.15) is 5.26 Å². The van der Waals surface area contributed by atoms with E-state index in [1.54, 1.807) is 0 Å². The van der Waals surface area contributed by atoms with Crippen LogP contribution in [-0.4, -0.2) is 25.4 Å². The molecule has 0 radical (unpaired) electrons. The van der Waals surface area contributed by atoms with Gasteiger partial charge in [0.15, 0.2) is 6.61 Å². The van der Waals surface area contributed by atoms with Gasteiger partial charge in [0, 0.05) is 11.9 Å². The molecule has 0 unspecified atom stereocenters. The van der Waals surface area contributed by atoms with Gasteiger partial charge in [-0.3, -0.25) is 9.59 Å². The minimum atomic E-state index is -0.495. The fourth-order valence-electron chi connectivity index (χ4n) is 2.98. The van der Waals surface area contributed by atoms with E-state index in [-0.39, 0.29) is 17.9 Å². The number of thioether (sulfide) groups is 1. The number of nitrogens with zero attached hydrogens (tertiary/aromatic N) is 2. The fourth-order valence-corrected chi connectivity index (χ4v) is 4.14. The lowest BCUT2D eigenvalue weighted by atomic mass is 9.98. The second-order valence-electron chi connectivity index (χ2n) is 6.52. The first kappa shape index (κ1) is 19.7. The average molecular weight is 392 g/mol. The van der Waals surface area contributed by atoms with Crippen LogP contribution in [0.25, 0.3) is 0 Å². The average Bonchev–Trinajstić information content (AvgIpc) is 3.04. The first-order chi connectivity index (χ1) is 13.5. The molecule has 142 valence electrons. The van der Waals surface area contributed by atoms with Crippen molar-refractivity contribution in [2.45, 2.75) is 24.2 Å². The summed E-state index contributed by atoms with van der Waals surface area (Å²) in [6.07, 6.45) is 0.176. The van der Waals surface area contributed by atoms with Gasteiger partial charge in [0.25, 0.3) is 0 Å². The van der Waals surface area contributed by atoms with Crippen molar-refractivity contribution >= 4 is 29.2 Å². The fraction of sp³-hybridized carbons (Fsp3) is 0.227. The maximum Gasteiger partial charge on any atom is 0.306 e. The number of Topliss-reactive ketones (excluding diaryl/α,β-unsaturated/α-hetero) is 1. The van der Waals surface area contributed by atoms with E-state index >= 15 is 0 Å². The normalized spacial score (nSPS) is 15.4. The topological polar surface area (TPSA) is 70.4 Å². The summed E-state index contributed by atoms with van der Waals surface area (Å²) in [6.45, 7) is 1.50. The maximum atomic E-state index is 12.5. The van der Waals surface area contributed by atoms with Gasteiger partial charge in [0.2, 0.25) is 5.78 Å². The Morgan fingerprint density at radius 2 is 1.82 bits per heavy atom. The molecule has 0 saturated carbocycles. The maximum absolute atomic E-state index is 12.5. The number of carbonyl (C=O) groups excluding carboxylic acids is 2. The second kappa shape index (κ2) is 8.77. The number of esters is 1. The largest absolute Gasteiger partial charge is 0.457 e. The van der Waals surface area contributed by atoms with E-state index in [4.69, 9.17) is 4.74 Å². The zero-order valence-corrected chi connectivity index (χ0v) is 16.5. The van der Waals surface area contributed by atoms with Gasteiger partial charge in [0.1, 0.15) is 16.7 Å². The molecule has 28 heavy (non-hydrogen) atoms. The van der Waals surface area contributed by atoms with Gasteiger partial charge in [0.05, 0.1) is 12.1 Å². The number of rotatable bonds is 6. The molecule has 0 amide bonds. The first-order valence-corrected chi connectivity index (χ1v) is 9.71. The molecule has 0 aliphatic carbocycles. The summed E-state index contributed by atoms with van der Waals surface area (Å²) in [5.41, 5.74) is 1.98. The van der Waals surface area contributed by atoms with Crippen LogP contribution in [0.3, 0.4) is 0 Å². The highest BCUT2D eigenvalue weighted by Gasteiger charge is 2.28. The molecule has 0 aromatic heterocycles. The Bertz CT molecular complexity index is 963. The first-order valence-electron chi connectivity index (χ1n) is 8.90. The highest BCUT2D eigenvalue weighted by molar-refractivity contribution is 8.03. The van der Waals surface area contributed by atoms with Crippen LogP contribution in [0.2, 0.25) is 0 Å². The number of nitriles is 1. The molecule has 0 fully saturated rings. The van der Waals surface area contributed by atoms with Crippen molar-refractivity contribution < 1.29 is 14.3 Å². The number of para-hydroxylation sites is 1. The van der Waals surface area contributed by atoms with Gasteiger partial charge < -0.3 is 9.64 Å². The highest BCUT2D eigenvalue weighted by Crippen LogP contribution is 2.46. The van der Waals surface area contributed by atoms with Crippen molar-refractivity contribution in [3.63, 3.8) is 0 Å². The van der Waals surface area contributed by atoms with Gasteiger partial charge in [-0.25, -0.2) is 0 Å². The van der Waals surface area contributed by atoms with Gasteiger partial charge in [-0.1, -0.05) is 61.2 Å². The molecule has 2 aromatic rings. The number of ketones is 1. The van der Waals surface area contributed by atoms with Crippen molar-refractivity contribution in [1.29, 1.82) is 5.26 Å². The lowest BCUT2D eigenvalue weighted by molar-refractivity contribution is -0.147. The van der Waals surface area contributed by atoms with Crippen LogP contribution < -0.4 is 4.90 Å². The molecular formula is C22H20N2O3S. The molecule has 1 atom stereocenters. The SMILES string of the molecule is C[C@H](CC(=O)OCC(=O)/C(C#N)=C1\Sc2ccccc2N1C)c1ccccc1. The number of fused-ring (bicyclic) bond motifs is 1. The Hall–Kier alpha value is -3.04. The summed E-state index contributed by atoms with van der Waals surface area (Å²) in [6, 6.07) is 19.3. The van der Waals surface area contributed by atoms with Crippen molar-refractivity contribution in [3.8, 4) is 6.07 Å². The molecule has 5 nitrogen and oxygen atoms in total. The Morgan fingerprint density at radius 1 is 1.14 bits per heavy atom. The van der Waals surface area contributed by atoms with Crippen LogP contribution in [0.5, 0.6) is 0 Å². The van der Waals surface area contributed by atoms with Gasteiger partial charge in [-0.05, 0) is 23.6 Å². The zero-order valence-electron chi connectivity index (χ0n) is 15.7. The van der Waals surface area contributed by atoms with E-state index in [1.807, 2.05) is 79.5 Å². The number of benzene rings is 2. The standard InChI is InChI=1S/C22H20N2O3S/c1-15(16-8-4-3-5-9-16)12-21(26)27-14-19(25)17(13-23)22-24(2)18-10-6-7-11-20(18)28-22/h3-11,15H,12,14H2,1-2H3/b22-17-/t15-/m1/s1. The number of hydrogen-bond donors (Lipinski definition) is 0. The molecule has 1 aliphatic rings. The number of hydrogen-bond acceptors (Lipinski definition) is 6. The minimum absolute atomic E-state index is 0.00704. The highest BCUT2D eigenvalue weighted by atomic mass is 32.2. The Kier molecular flexibility index (Phi) is 6.17. The van der Waals surface area contributed by atoms with Crippen molar-refractivity contribution in [1.82, 2.24) is 0 Å². The quantitative estimate of drug-likeness (QED) is 0.415. The molecule has 0 bridgehead atoms. The van der Waals surface area contributed by atoms with Crippen LogP contribution >= 0.6 is 11.8 Å². The number of carbonyl (C=O) groups is 2. The van der Waals surface area contributed by atoms with Crippen molar-refractivity contribution in [3.05, 3.63) is 70.8 Å².